The number of rotatable bonds is 11. The number of nitrogens with zero attached hydrogens (tertiary/aromatic N) is 2. The van der Waals surface area contributed by atoms with Gasteiger partial charge in [-0.1, -0.05) is 13.3 Å². The van der Waals surface area contributed by atoms with Crippen LogP contribution in [0.5, 0.6) is 11.5 Å². The van der Waals surface area contributed by atoms with Crippen LogP contribution < -0.4 is 20.1 Å². The molecule has 1 amide bonds. The molecule has 3 N–H and O–H groups in total. The number of amides is 1. The van der Waals surface area contributed by atoms with Crippen LogP contribution in [0.4, 0.5) is 0 Å². The molecule has 1 aromatic carbocycles. The number of fused-ring (bicyclic) bond motifs is 1. The second kappa shape index (κ2) is 11.9. The number of likely N-dealkylation sites (N-methyl/N-ethyl adjacent to an activating group) is 1. The van der Waals surface area contributed by atoms with E-state index in [1.807, 2.05) is 12.1 Å². The molecule has 8 heteroatoms. The van der Waals surface area contributed by atoms with Crippen LogP contribution in [0.3, 0.4) is 0 Å². The van der Waals surface area contributed by atoms with Gasteiger partial charge >= 0.3 is 0 Å². The first kappa shape index (κ1) is 23.4. The average molecular weight is 418 g/mol. The molecule has 0 radical (unpaired) electrons. The number of H-pyrrole nitrogens is 1. The first-order valence-electron chi connectivity index (χ1n) is 10.4. The fraction of sp³-hybridized carbons (Fsp3) is 0.545. The molecule has 30 heavy (non-hydrogen) atoms. The third kappa shape index (κ3) is 6.86. The van der Waals surface area contributed by atoms with E-state index in [0.717, 1.165) is 66.9 Å². The lowest BCUT2D eigenvalue weighted by atomic mass is 10.2. The number of carbonyl (C=O) groups excluding carboxylic acids is 1. The van der Waals surface area contributed by atoms with E-state index in [4.69, 9.17) is 9.47 Å². The van der Waals surface area contributed by atoms with E-state index in [2.05, 4.69) is 33.6 Å². The summed E-state index contributed by atoms with van der Waals surface area (Å²) in [4.78, 5) is 21.2. The number of unbranched alkanes of at least 4 members (excludes halogenated alkanes) is 1. The minimum absolute atomic E-state index is 0.0194. The Balaban J connectivity index is 1.93. The van der Waals surface area contributed by atoms with Gasteiger partial charge < -0.3 is 30.0 Å². The average Bonchev–Trinajstić information content (AvgIpc) is 3.16. The highest BCUT2D eigenvalue weighted by Gasteiger charge is 2.09. The number of aryl methyl sites for hydroxylation is 1. The van der Waals surface area contributed by atoms with Crippen LogP contribution in [0, 0.1) is 0 Å². The van der Waals surface area contributed by atoms with Gasteiger partial charge in [0, 0.05) is 50.4 Å². The van der Waals surface area contributed by atoms with Gasteiger partial charge in [-0.15, -0.1) is 0 Å². The second-order valence-electron chi connectivity index (χ2n) is 7.35. The number of hydrogen-bond acceptors (Lipinski definition) is 4. The number of ether oxygens (including phenoxy) is 2. The summed E-state index contributed by atoms with van der Waals surface area (Å²) in [5.41, 5.74) is 2.14. The Morgan fingerprint density at radius 3 is 2.47 bits per heavy atom. The van der Waals surface area contributed by atoms with E-state index in [9.17, 15) is 4.79 Å². The number of hydrogen-bond donors (Lipinski definition) is 3. The van der Waals surface area contributed by atoms with Crippen molar-refractivity contribution >= 4 is 22.8 Å². The maximum atomic E-state index is 11.8. The van der Waals surface area contributed by atoms with E-state index >= 15 is 0 Å². The van der Waals surface area contributed by atoms with E-state index in [1.165, 1.54) is 0 Å². The fourth-order valence-electron chi connectivity index (χ4n) is 2.99. The molecule has 166 valence electrons. The molecule has 0 saturated heterocycles. The molecule has 1 heterocycles. The van der Waals surface area contributed by atoms with E-state index in [-0.39, 0.29) is 12.5 Å². The third-order valence-corrected chi connectivity index (χ3v) is 4.79. The van der Waals surface area contributed by atoms with Crippen molar-refractivity contribution in [3.8, 4) is 11.5 Å². The van der Waals surface area contributed by atoms with Crippen molar-refractivity contribution < 1.29 is 14.3 Å². The third-order valence-electron chi connectivity index (χ3n) is 4.79. The first-order chi connectivity index (χ1) is 14.5. The summed E-state index contributed by atoms with van der Waals surface area (Å²) >= 11 is 0. The summed E-state index contributed by atoms with van der Waals surface area (Å²) in [6.45, 7) is 3.87. The number of aliphatic imine (C=N–C) groups is 1. The zero-order valence-corrected chi connectivity index (χ0v) is 18.8. The molecule has 0 aliphatic rings. The quantitative estimate of drug-likeness (QED) is 0.297. The fourth-order valence-corrected chi connectivity index (χ4v) is 2.99. The Labute approximate surface area is 179 Å². The first-order valence-corrected chi connectivity index (χ1v) is 10.4. The van der Waals surface area contributed by atoms with E-state index in [0.29, 0.717) is 5.96 Å². The van der Waals surface area contributed by atoms with Gasteiger partial charge in [0.15, 0.2) is 5.96 Å². The normalized spacial score (nSPS) is 11.4. The van der Waals surface area contributed by atoms with Crippen molar-refractivity contribution in [3.63, 3.8) is 0 Å². The summed E-state index contributed by atoms with van der Waals surface area (Å²) in [6.07, 6.45) is 3.96. The summed E-state index contributed by atoms with van der Waals surface area (Å²) in [5, 5.41) is 7.67. The van der Waals surface area contributed by atoms with Crippen molar-refractivity contribution in [1.29, 1.82) is 0 Å². The lowest BCUT2D eigenvalue weighted by Crippen LogP contribution is -2.39. The molecule has 2 aromatic rings. The Morgan fingerprint density at radius 1 is 1.10 bits per heavy atom. The minimum atomic E-state index is -0.0194. The molecule has 1 aromatic heterocycles. The summed E-state index contributed by atoms with van der Waals surface area (Å²) in [6, 6.07) is 5.99. The van der Waals surface area contributed by atoms with Crippen molar-refractivity contribution in [2.24, 2.45) is 4.99 Å². The molecule has 0 aliphatic heterocycles. The number of guanidine groups is 1. The van der Waals surface area contributed by atoms with Crippen LogP contribution in [0.2, 0.25) is 0 Å². The van der Waals surface area contributed by atoms with Gasteiger partial charge in [-0.2, -0.15) is 0 Å². The van der Waals surface area contributed by atoms with Gasteiger partial charge in [0.25, 0.3) is 0 Å². The number of aromatic amines is 1. The molecule has 2 rings (SSSR count). The molecule has 0 saturated carbocycles. The van der Waals surface area contributed by atoms with Crippen molar-refractivity contribution in [1.82, 2.24) is 20.5 Å². The predicted octanol–water partition coefficient (Wildman–Crippen LogP) is 2.54. The van der Waals surface area contributed by atoms with Gasteiger partial charge in [0.2, 0.25) is 5.91 Å². The molecular formula is C22H35N5O3. The predicted molar refractivity (Wildman–Crippen MR) is 122 cm³/mol. The van der Waals surface area contributed by atoms with Crippen LogP contribution in [-0.4, -0.2) is 69.7 Å². The van der Waals surface area contributed by atoms with Gasteiger partial charge in [-0.25, -0.2) is 4.99 Å². The topological polar surface area (TPSA) is 91.0 Å². The standard InChI is InChI=1S/C22H35N5O3/c1-6-7-10-23-22(25-15-21(28)27(2)3)24-11-8-9-16-12-18-19(26-16)13-17(29-4)14-20(18)30-5/h12-14,26H,6-11,15H2,1-5H3,(H2,23,24,25). The second-order valence-corrected chi connectivity index (χ2v) is 7.35. The number of nitrogens with one attached hydrogen (secondary N) is 3. The SMILES string of the molecule is CCCCNC(=NCC(=O)N(C)C)NCCCc1cc2c(OC)cc(OC)cc2[nH]1. The molecule has 0 atom stereocenters. The Kier molecular flexibility index (Phi) is 9.31. The van der Waals surface area contributed by atoms with Crippen LogP contribution >= 0.6 is 0 Å². The Morgan fingerprint density at radius 2 is 1.83 bits per heavy atom. The Hall–Kier alpha value is -2.90. The molecule has 8 nitrogen and oxygen atoms in total. The minimum Gasteiger partial charge on any atom is -0.497 e. The van der Waals surface area contributed by atoms with E-state index in [1.54, 1.807) is 33.2 Å². The molecule has 0 fully saturated rings. The summed E-state index contributed by atoms with van der Waals surface area (Å²) in [7, 11) is 6.79. The van der Waals surface area contributed by atoms with Gasteiger partial charge in [-0.05, 0) is 25.3 Å². The zero-order chi connectivity index (χ0) is 21.9. The number of carbonyl (C=O) groups is 1. The van der Waals surface area contributed by atoms with Gasteiger partial charge in [-0.3, -0.25) is 4.79 Å². The highest BCUT2D eigenvalue weighted by atomic mass is 16.5. The monoisotopic (exact) mass is 417 g/mol. The van der Waals surface area contributed by atoms with Gasteiger partial charge in [0.05, 0.1) is 19.7 Å². The Bertz CT molecular complexity index is 845. The highest BCUT2D eigenvalue weighted by molar-refractivity contribution is 5.88. The molecular weight excluding hydrogens is 382 g/mol. The maximum absolute atomic E-state index is 11.8. The van der Waals surface area contributed by atoms with Gasteiger partial charge in [0.1, 0.15) is 18.0 Å². The summed E-state index contributed by atoms with van der Waals surface area (Å²) < 4.78 is 10.8. The number of methoxy groups -OCH3 is 2. The maximum Gasteiger partial charge on any atom is 0.243 e. The molecule has 0 bridgehead atoms. The smallest absolute Gasteiger partial charge is 0.243 e. The highest BCUT2D eigenvalue weighted by Crippen LogP contribution is 2.31. The van der Waals surface area contributed by atoms with Crippen molar-refractivity contribution in [2.45, 2.75) is 32.6 Å². The largest absolute Gasteiger partial charge is 0.497 e. The number of benzene rings is 1. The van der Waals surface area contributed by atoms with Crippen LogP contribution in [-0.2, 0) is 11.2 Å². The lowest BCUT2D eigenvalue weighted by molar-refractivity contribution is -0.127. The zero-order valence-electron chi connectivity index (χ0n) is 18.8. The molecule has 0 aliphatic carbocycles. The van der Waals surface area contributed by atoms with Crippen LogP contribution in [0.15, 0.2) is 23.2 Å². The van der Waals surface area contributed by atoms with E-state index < -0.39 is 0 Å². The molecule has 0 unspecified atom stereocenters. The molecule has 0 spiro atoms. The van der Waals surface area contributed by atoms with Crippen LogP contribution in [0.1, 0.15) is 31.9 Å². The lowest BCUT2D eigenvalue weighted by Gasteiger charge is -2.13. The van der Waals surface area contributed by atoms with Crippen molar-refractivity contribution in [3.05, 3.63) is 23.9 Å². The van der Waals surface area contributed by atoms with Crippen molar-refractivity contribution in [2.75, 3.05) is 47.9 Å². The summed E-state index contributed by atoms with van der Waals surface area (Å²) in [5.74, 6) is 2.22. The van der Waals surface area contributed by atoms with Crippen LogP contribution in [0.25, 0.3) is 10.9 Å². The number of aromatic nitrogens is 1.